The van der Waals surface area contributed by atoms with Gasteiger partial charge in [0.15, 0.2) is 5.17 Å². The SMILES string of the molecule is CCCCNC(=O)C[C@@H]1N=C2c3ccccc3N=C(S[C@@H](CC)C(=O)Nc3ccc(CC)cc3)N2C1=O. The molecule has 2 aromatic rings. The normalized spacial score (nSPS) is 16.9. The molecule has 2 atom stereocenters. The Morgan fingerprint density at radius 2 is 1.84 bits per heavy atom. The largest absolute Gasteiger partial charge is 0.356 e. The van der Waals surface area contributed by atoms with Crippen LogP contribution in [-0.4, -0.2) is 51.5 Å². The molecule has 2 N–H and O–H groups in total. The van der Waals surface area contributed by atoms with Gasteiger partial charge in [0.1, 0.15) is 11.9 Å². The van der Waals surface area contributed by atoms with E-state index in [4.69, 9.17) is 4.99 Å². The Morgan fingerprint density at radius 3 is 2.54 bits per heavy atom. The number of amidine groups is 2. The molecule has 3 amide bonds. The standard InChI is InChI=1S/C28H33N5O3S/c1-4-7-16-29-24(34)17-22-27(36)33-25(31-22)20-10-8-9-11-21(20)32-28(33)37-23(6-3)26(35)30-19-14-12-18(5-2)13-15-19/h8-15,22-23H,4-7,16-17H2,1-3H3,(H,29,34)(H,30,35)/t22-,23-/m0/s1. The number of hydrogen-bond donors (Lipinski definition) is 2. The average molecular weight is 520 g/mol. The third-order valence-electron chi connectivity index (χ3n) is 6.32. The Kier molecular flexibility index (Phi) is 8.76. The fourth-order valence-electron chi connectivity index (χ4n) is 4.16. The molecule has 2 aliphatic heterocycles. The molecule has 0 fully saturated rings. The highest BCUT2D eigenvalue weighted by Gasteiger charge is 2.43. The van der Waals surface area contributed by atoms with E-state index in [-0.39, 0.29) is 24.1 Å². The lowest BCUT2D eigenvalue weighted by molar-refractivity contribution is -0.128. The number of thioether (sulfide) groups is 1. The molecule has 0 unspecified atom stereocenters. The number of aryl methyl sites for hydroxylation is 1. The number of benzene rings is 2. The van der Waals surface area contributed by atoms with Crippen LogP contribution < -0.4 is 10.6 Å². The van der Waals surface area contributed by atoms with Crippen LogP contribution >= 0.6 is 11.8 Å². The minimum absolute atomic E-state index is 0.0197. The molecule has 8 nitrogen and oxygen atoms in total. The number of amides is 3. The van der Waals surface area contributed by atoms with Crippen LogP contribution in [0.4, 0.5) is 11.4 Å². The maximum Gasteiger partial charge on any atom is 0.259 e. The van der Waals surface area contributed by atoms with E-state index >= 15 is 0 Å². The second-order valence-corrected chi connectivity index (χ2v) is 10.2. The number of para-hydroxylation sites is 1. The van der Waals surface area contributed by atoms with Crippen LogP contribution in [0, 0.1) is 0 Å². The first-order valence-electron chi connectivity index (χ1n) is 12.9. The van der Waals surface area contributed by atoms with E-state index in [1.54, 1.807) is 0 Å². The van der Waals surface area contributed by atoms with Gasteiger partial charge in [-0.15, -0.1) is 0 Å². The number of carbonyl (C=O) groups excluding carboxylic acids is 3. The monoisotopic (exact) mass is 519 g/mol. The average Bonchev–Trinajstić information content (AvgIpc) is 3.23. The molecule has 0 saturated heterocycles. The first-order chi connectivity index (χ1) is 17.9. The number of rotatable bonds is 10. The van der Waals surface area contributed by atoms with E-state index < -0.39 is 11.3 Å². The fourth-order valence-corrected chi connectivity index (χ4v) is 5.18. The summed E-state index contributed by atoms with van der Waals surface area (Å²) in [7, 11) is 0. The van der Waals surface area contributed by atoms with Crippen molar-refractivity contribution in [2.45, 2.75) is 64.2 Å². The second-order valence-electron chi connectivity index (χ2n) is 9.02. The highest BCUT2D eigenvalue weighted by Crippen LogP contribution is 2.35. The van der Waals surface area contributed by atoms with E-state index in [0.717, 1.165) is 30.5 Å². The molecule has 0 radical (unpaired) electrons. The van der Waals surface area contributed by atoms with E-state index in [2.05, 4.69) is 29.5 Å². The molecule has 0 spiro atoms. The lowest BCUT2D eigenvalue weighted by Crippen LogP contribution is -2.43. The summed E-state index contributed by atoms with van der Waals surface area (Å²) in [4.78, 5) is 49.9. The number of fused-ring (bicyclic) bond motifs is 3. The molecule has 37 heavy (non-hydrogen) atoms. The molecule has 2 heterocycles. The molecule has 9 heteroatoms. The number of carbonyl (C=O) groups is 3. The van der Waals surface area contributed by atoms with Gasteiger partial charge in [-0.1, -0.05) is 63.2 Å². The first-order valence-corrected chi connectivity index (χ1v) is 13.8. The predicted molar refractivity (Wildman–Crippen MR) is 149 cm³/mol. The number of hydrogen-bond acceptors (Lipinski definition) is 6. The zero-order valence-corrected chi connectivity index (χ0v) is 22.3. The lowest BCUT2D eigenvalue weighted by atomic mass is 10.1. The lowest BCUT2D eigenvalue weighted by Gasteiger charge is -2.27. The van der Waals surface area contributed by atoms with Crippen LogP contribution in [-0.2, 0) is 20.8 Å². The Bertz CT molecular complexity index is 1220. The topological polar surface area (TPSA) is 103 Å². The predicted octanol–water partition coefficient (Wildman–Crippen LogP) is 4.66. The van der Waals surface area contributed by atoms with Crippen molar-refractivity contribution in [3.05, 3.63) is 59.7 Å². The van der Waals surface area contributed by atoms with Gasteiger partial charge in [-0.3, -0.25) is 19.4 Å². The van der Waals surface area contributed by atoms with Crippen molar-refractivity contribution in [3.8, 4) is 0 Å². The van der Waals surface area contributed by atoms with Crippen LogP contribution in [0.1, 0.15) is 57.6 Å². The minimum atomic E-state index is -0.820. The number of unbranched alkanes of at least 4 members (excludes halogenated alkanes) is 1. The molecule has 2 aliphatic rings. The Hall–Kier alpha value is -3.46. The van der Waals surface area contributed by atoms with Gasteiger partial charge >= 0.3 is 0 Å². The van der Waals surface area contributed by atoms with E-state index in [9.17, 15) is 14.4 Å². The summed E-state index contributed by atoms with van der Waals surface area (Å²) in [6, 6.07) is 14.4. The van der Waals surface area contributed by atoms with Gasteiger partial charge in [0, 0.05) is 17.8 Å². The van der Waals surface area contributed by atoms with Crippen molar-refractivity contribution < 1.29 is 14.4 Å². The highest BCUT2D eigenvalue weighted by molar-refractivity contribution is 8.15. The van der Waals surface area contributed by atoms with Gasteiger partial charge < -0.3 is 10.6 Å². The van der Waals surface area contributed by atoms with Crippen molar-refractivity contribution in [2.24, 2.45) is 9.98 Å². The molecular weight excluding hydrogens is 486 g/mol. The number of anilines is 1. The summed E-state index contributed by atoms with van der Waals surface area (Å²) in [5, 5.41) is 5.77. The van der Waals surface area contributed by atoms with Crippen molar-refractivity contribution >= 4 is 51.9 Å². The van der Waals surface area contributed by atoms with Gasteiger partial charge in [-0.25, -0.2) is 9.89 Å². The molecule has 0 aliphatic carbocycles. The van der Waals surface area contributed by atoms with Gasteiger partial charge in [0.2, 0.25) is 11.8 Å². The third kappa shape index (κ3) is 6.10. The zero-order chi connectivity index (χ0) is 26.4. The summed E-state index contributed by atoms with van der Waals surface area (Å²) in [6.45, 7) is 6.65. The summed E-state index contributed by atoms with van der Waals surface area (Å²) in [5.41, 5.74) is 3.35. The molecule has 0 aromatic heterocycles. The molecule has 194 valence electrons. The molecular formula is C28H33N5O3S. The zero-order valence-electron chi connectivity index (χ0n) is 21.5. The molecule has 0 saturated carbocycles. The van der Waals surface area contributed by atoms with Gasteiger partial charge in [-0.05, 0) is 49.1 Å². The van der Waals surface area contributed by atoms with E-state index in [1.165, 1.54) is 22.2 Å². The van der Waals surface area contributed by atoms with Gasteiger partial charge in [0.05, 0.1) is 17.4 Å². The molecule has 0 bridgehead atoms. The first kappa shape index (κ1) is 26.6. The fraction of sp³-hybridized carbons (Fsp3) is 0.393. The maximum absolute atomic E-state index is 13.5. The van der Waals surface area contributed by atoms with Crippen molar-refractivity contribution in [2.75, 3.05) is 11.9 Å². The number of aliphatic imine (C=N–C) groups is 2. The number of nitrogens with zero attached hydrogens (tertiary/aromatic N) is 3. The third-order valence-corrected chi connectivity index (χ3v) is 7.64. The quantitative estimate of drug-likeness (QED) is 0.446. The molecule has 4 rings (SSSR count). The van der Waals surface area contributed by atoms with Crippen LogP contribution in [0.2, 0.25) is 0 Å². The van der Waals surface area contributed by atoms with Crippen LogP contribution in [0.5, 0.6) is 0 Å². The van der Waals surface area contributed by atoms with Crippen molar-refractivity contribution in [1.29, 1.82) is 0 Å². The van der Waals surface area contributed by atoms with Crippen LogP contribution in [0.15, 0.2) is 58.5 Å². The summed E-state index contributed by atoms with van der Waals surface area (Å²) in [5.74, 6) is -0.174. The van der Waals surface area contributed by atoms with Gasteiger partial charge in [-0.2, -0.15) is 0 Å². The van der Waals surface area contributed by atoms with Crippen molar-refractivity contribution in [1.82, 2.24) is 10.2 Å². The maximum atomic E-state index is 13.5. The Morgan fingerprint density at radius 1 is 1.08 bits per heavy atom. The molecule has 2 aromatic carbocycles. The highest BCUT2D eigenvalue weighted by atomic mass is 32.2. The van der Waals surface area contributed by atoms with E-state index in [0.29, 0.717) is 29.7 Å². The van der Waals surface area contributed by atoms with Crippen LogP contribution in [0.3, 0.4) is 0 Å². The van der Waals surface area contributed by atoms with Crippen molar-refractivity contribution in [3.63, 3.8) is 0 Å². The minimum Gasteiger partial charge on any atom is -0.356 e. The smallest absolute Gasteiger partial charge is 0.259 e. The van der Waals surface area contributed by atoms with Crippen LogP contribution in [0.25, 0.3) is 0 Å². The summed E-state index contributed by atoms with van der Waals surface area (Å²) >= 11 is 1.24. The number of nitrogens with one attached hydrogen (secondary N) is 2. The van der Waals surface area contributed by atoms with E-state index in [1.807, 2.05) is 55.5 Å². The Balaban J connectivity index is 1.54. The summed E-state index contributed by atoms with van der Waals surface area (Å²) < 4.78 is 0. The summed E-state index contributed by atoms with van der Waals surface area (Å²) in [6.07, 6.45) is 3.31. The second kappa shape index (κ2) is 12.2. The van der Waals surface area contributed by atoms with Gasteiger partial charge in [0.25, 0.3) is 5.91 Å². The Labute approximate surface area is 222 Å².